The van der Waals surface area contributed by atoms with Crippen LogP contribution in [0, 0.1) is 6.92 Å². The molecule has 0 aliphatic heterocycles. The number of thiazole rings is 1. The maximum Gasteiger partial charge on any atom is 0.186 e. The Balaban J connectivity index is 2.23. The molecule has 0 radical (unpaired) electrons. The third-order valence-corrected chi connectivity index (χ3v) is 5.50. The predicted molar refractivity (Wildman–Crippen MR) is 78.6 cm³/mol. The largest absolute Gasteiger partial charge is 0.388 e. The van der Waals surface area contributed by atoms with Gasteiger partial charge in [-0.15, -0.1) is 11.3 Å². The van der Waals surface area contributed by atoms with E-state index in [1.807, 2.05) is 6.92 Å². The van der Waals surface area contributed by atoms with Crippen LogP contribution in [0.15, 0.2) is 17.5 Å². The summed E-state index contributed by atoms with van der Waals surface area (Å²) in [6.07, 6.45) is -0.443. The van der Waals surface area contributed by atoms with Crippen molar-refractivity contribution in [3.63, 3.8) is 0 Å². The first kappa shape index (κ1) is 13.5. The SMILES string of the molecule is Cc1nc(N(C)C(C)c2cccs2)sc1C(C)O. The first-order valence-electron chi connectivity index (χ1n) is 5.92. The van der Waals surface area contributed by atoms with Crippen molar-refractivity contribution < 1.29 is 5.11 Å². The highest BCUT2D eigenvalue weighted by Gasteiger charge is 2.19. The van der Waals surface area contributed by atoms with E-state index < -0.39 is 6.10 Å². The minimum absolute atomic E-state index is 0.303. The first-order chi connectivity index (χ1) is 8.50. The second-order valence-corrected chi connectivity index (χ2v) is 6.41. The lowest BCUT2D eigenvalue weighted by Gasteiger charge is -2.23. The third kappa shape index (κ3) is 2.58. The molecule has 2 atom stereocenters. The number of rotatable bonds is 4. The molecule has 0 saturated carbocycles. The molecular formula is C13H18N2OS2. The van der Waals surface area contributed by atoms with Gasteiger partial charge in [0.15, 0.2) is 5.13 Å². The molecule has 1 N–H and O–H groups in total. The quantitative estimate of drug-likeness (QED) is 0.927. The average molecular weight is 282 g/mol. The number of anilines is 1. The van der Waals surface area contributed by atoms with Gasteiger partial charge in [-0.2, -0.15) is 0 Å². The van der Waals surface area contributed by atoms with Gasteiger partial charge in [0.1, 0.15) is 0 Å². The van der Waals surface area contributed by atoms with E-state index in [-0.39, 0.29) is 0 Å². The molecule has 0 saturated heterocycles. The maximum atomic E-state index is 9.68. The van der Waals surface area contributed by atoms with Crippen molar-refractivity contribution in [2.75, 3.05) is 11.9 Å². The van der Waals surface area contributed by atoms with Crippen LogP contribution >= 0.6 is 22.7 Å². The Bertz CT molecular complexity index is 505. The van der Waals surface area contributed by atoms with Gasteiger partial charge in [-0.05, 0) is 32.2 Å². The van der Waals surface area contributed by atoms with Crippen LogP contribution < -0.4 is 4.90 Å². The van der Waals surface area contributed by atoms with Crippen molar-refractivity contribution in [3.05, 3.63) is 33.0 Å². The molecule has 98 valence electrons. The number of hydrogen-bond acceptors (Lipinski definition) is 5. The van der Waals surface area contributed by atoms with Crippen molar-refractivity contribution in [2.24, 2.45) is 0 Å². The normalized spacial score (nSPS) is 14.5. The van der Waals surface area contributed by atoms with Crippen molar-refractivity contribution in [2.45, 2.75) is 32.9 Å². The fraction of sp³-hybridized carbons (Fsp3) is 0.462. The van der Waals surface area contributed by atoms with Crippen molar-refractivity contribution in [1.29, 1.82) is 0 Å². The number of aliphatic hydroxyl groups is 1. The van der Waals surface area contributed by atoms with Crippen LogP contribution in [0.1, 0.15) is 41.4 Å². The zero-order valence-corrected chi connectivity index (χ0v) is 12.7. The van der Waals surface area contributed by atoms with Crippen LogP contribution in [0.25, 0.3) is 0 Å². The molecule has 5 heteroatoms. The molecule has 0 amide bonds. The van der Waals surface area contributed by atoms with Crippen molar-refractivity contribution in [1.82, 2.24) is 4.98 Å². The fourth-order valence-corrected chi connectivity index (χ4v) is 3.69. The second-order valence-electron chi connectivity index (χ2n) is 4.42. The van der Waals surface area contributed by atoms with Gasteiger partial charge in [-0.1, -0.05) is 17.4 Å². The lowest BCUT2D eigenvalue weighted by atomic mass is 10.2. The Morgan fingerprint density at radius 3 is 2.61 bits per heavy atom. The average Bonchev–Trinajstić information content (AvgIpc) is 2.95. The van der Waals surface area contributed by atoms with Gasteiger partial charge in [0.25, 0.3) is 0 Å². The fourth-order valence-electron chi connectivity index (χ4n) is 1.82. The van der Waals surface area contributed by atoms with E-state index in [9.17, 15) is 5.11 Å². The molecule has 0 fully saturated rings. The summed E-state index contributed by atoms with van der Waals surface area (Å²) in [5.41, 5.74) is 0.926. The minimum Gasteiger partial charge on any atom is -0.388 e. The van der Waals surface area contributed by atoms with E-state index in [4.69, 9.17) is 0 Å². The third-order valence-electron chi connectivity index (χ3n) is 3.04. The lowest BCUT2D eigenvalue weighted by molar-refractivity contribution is 0.202. The number of aliphatic hydroxyl groups excluding tert-OH is 1. The molecular weight excluding hydrogens is 264 g/mol. The standard InChI is InChI=1S/C13H18N2OS2/c1-8-12(10(3)16)18-13(14-8)15(4)9(2)11-6-5-7-17-11/h5-7,9-10,16H,1-4H3. The summed E-state index contributed by atoms with van der Waals surface area (Å²) in [5, 5.41) is 12.7. The number of hydrogen-bond donors (Lipinski definition) is 1. The highest BCUT2D eigenvalue weighted by molar-refractivity contribution is 7.15. The van der Waals surface area contributed by atoms with E-state index in [0.29, 0.717) is 6.04 Å². The summed E-state index contributed by atoms with van der Waals surface area (Å²) in [4.78, 5) is 8.99. The molecule has 0 aliphatic carbocycles. The smallest absolute Gasteiger partial charge is 0.186 e. The van der Waals surface area contributed by atoms with Gasteiger partial charge in [0.05, 0.1) is 22.7 Å². The molecule has 2 unspecified atom stereocenters. The van der Waals surface area contributed by atoms with Crippen LogP contribution in [-0.2, 0) is 0 Å². The van der Waals surface area contributed by atoms with Gasteiger partial charge in [0, 0.05) is 11.9 Å². The van der Waals surface area contributed by atoms with Gasteiger partial charge >= 0.3 is 0 Å². The highest BCUT2D eigenvalue weighted by atomic mass is 32.1. The molecule has 0 spiro atoms. The Morgan fingerprint density at radius 2 is 2.11 bits per heavy atom. The molecule has 2 rings (SSSR count). The molecule has 2 aromatic heterocycles. The van der Waals surface area contributed by atoms with Crippen molar-refractivity contribution >= 4 is 27.8 Å². The topological polar surface area (TPSA) is 36.4 Å². The molecule has 18 heavy (non-hydrogen) atoms. The molecule has 0 aliphatic rings. The minimum atomic E-state index is -0.443. The summed E-state index contributed by atoms with van der Waals surface area (Å²) < 4.78 is 0. The summed E-state index contributed by atoms with van der Waals surface area (Å²) in [6, 6.07) is 4.51. The first-order valence-corrected chi connectivity index (χ1v) is 7.62. The van der Waals surface area contributed by atoms with E-state index >= 15 is 0 Å². The van der Waals surface area contributed by atoms with Gasteiger partial charge in [0.2, 0.25) is 0 Å². The maximum absolute atomic E-state index is 9.68. The van der Waals surface area contributed by atoms with Gasteiger partial charge in [-0.25, -0.2) is 4.98 Å². The second kappa shape index (κ2) is 5.38. The Morgan fingerprint density at radius 1 is 1.39 bits per heavy atom. The molecule has 2 aromatic rings. The zero-order chi connectivity index (χ0) is 13.3. The highest BCUT2D eigenvalue weighted by Crippen LogP contribution is 2.34. The van der Waals surface area contributed by atoms with Crippen LogP contribution in [0.2, 0.25) is 0 Å². The van der Waals surface area contributed by atoms with Crippen LogP contribution in [0.4, 0.5) is 5.13 Å². The zero-order valence-electron chi connectivity index (χ0n) is 11.0. The lowest BCUT2D eigenvalue weighted by Crippen LogP contribution is -2.20. The van der Waals surface area contributed by atoms with Crippen molar-refractivity contribution in [3.8, 4) is 0 Å². The molecule has 0 bridgehead atoms. The number of aryl methyl sites for hydroxylation is 1. The summed E-state index contributed by atoms with van der Waals surface area (Å²) >= 11 is 3.33. The van der Waals surface area contributed by atoms with Gasteiger partial charge < -0.3 is 10.0 Å². The predicted octanol–water partition coefficient (Wildman–Crippen LogP) is 3.76. The van der Waals surface area contributed by atoms with Crippen LogP contribution in [0.5, 0.6) is 0 Å². The molecule has 3 nitrogen and oxygen atoms in total. The van der Waals surface area contributed by atoms with Crippen LogP contribution in [-0.4, -0.2) is 17.1 Å². The number of nitrogens with zero attached hydrogens (tertiary/aromatic N) is 2. The summed E-state index contributed by atoms with van der Waals surface area (Å²) in [6.45, 7) is 5.91. The van der Waals surface area contributed by atoms with E-state index in [0.717, 1.165) is 15.7 Å². The summed E-state index contributed by atoms with van der Waals surface area (Å²) in [5.74, 6) is 0. The monoisotopic (exact) mass is 282 g/mol. The van der Waals surface area contributed by atoms with Crippen LogP contribution in [0.3, 0.4) is 0 Å². The number of thiophene rings is 1. The van der Waals surface area contributed by atoms with E-state index in [1.165, 1.54) is 4.88 Å². The Kier molecular flexibility index (Phi) is 4.04. The molecule has 0 aromatic carbocycles. The van der Waals surface area contributed by atoms with E-state index in [2.05, 4.69) is 41.4 Å². The van der Waals surface area contributed by atoms with E-state index in [1.54, 1.807) is 29.6 Å². The number of aromatic nitrogens is 1. The molecule has 2 heterocycles. The Hall–Kier alpha value is -0.910. The Labute approximate surface area is 116 Å². The van der Waals surface area contributed by atoms with Gasteiger partial charge in [-0.3, -0.25) is 0 Å². The summed E-state index contributed by atoms with van der Waals surface area (Å²) in [7, 11) is 2.05.